The van der Waals surface area contributed by atoms with Crippen molar-refractivity contribution in [3.05, 3.63) is 23.8 Å². The number of fused-ring (bicyclic) bond motifs is 2. The Labute approximate surface area is 171 Å². The van der Waals surface area contributed by atoms with Crippen LogP contribution in [-0.2, 0) is 15.9 Å². The number of nitrogens with zero attached hydrogens (tertiary/aromatic N) is 1. The summed E-state index contributed by atoms with van der Waals surface area (Å²) in [7, 11) is 0. The van der Waals surface area contributed by atoms with Gasteiger partial charge >= 0.3 is 0 Å². The predicted molar refractivity (Wildman–Crippen MR) is 114 cm³/mol. The molecule has 4 unspecified atom stereocenters. The molecule has 2 bridgehead atoms. The van der Waals surface area contributed by atoms with E-state index in [2.05, 4.69) is 53.4 Å². The molecule has 0 N–H and O–H groups in total. The quantitative estimate of drug-likeness (QED) is 0.694. The van der Waals surface area contributed by atoms with Gasteiger partial charge in [0.05, 0.1) is 12.7 Å². The highest BCUT2D eigenvalue weighted by molar-refractivity contribution is 5.54. The molecule has 1 aromatic carbocycles. The third-order valence-electron chi connectivity index (χ3n) is 6.37. The van der Waals surface area contributed by atoms with Gasteiger partial charge in [-0.25, -0.2) is 0 Å². The van der Waals surface area contributed by atoms with E-state index in [0.717, 1.165) is 42.9 Å². The van der Waals surface area contributed by atoms with Crippen LogP contribution in [-0.4, -0.2) is 43.0 Å². The van der Waals surface area contributed by atoms with Gasteiger partial charge < -0.3 is 19.1 Å². The first-order valence-electron chi connectivity index (χ1n) is 10.9. The van der Waals surface area contributed by atoms with Crippen molar-refractivity contribution < 1.29 is 14.2 Å². The third kappa shape index (κ3) is 4.72. The maximum absolute atomic E-state index is 6.22. The molecule has 0 aliphatic carbocycles. The van der Waals surface area contributed by atoms with E-state index in [-0.39, 0.29) is 11.5 Å². The molecule has 0 saturated carbocycles. The Balaban J connectivity index is 0.000000206. The minimum atomic E-state index is -0.440. The van der Waals surface area contributed by atoms with Gasteiger partial charge in [0.2, 0.25) is 0 Å². The highest BCUT2D eigenvalue weighted by atomic mass is 16.7. The normalized spacial score (nSPS) is 32.2. The van der Waals surface area contributed by atoms with Crippen LogP contribution in [0.3, 0.4) is 0 Å². The van der Waals surface area contributed by atoms with E-state index in [9.17, 15) is 0 Å². The second-order valence-electron chi connectivity index (χ2n) is 10.1. The lowest BCUT2D eigenvalue weighted by molar-refractivity contribution is -0.218. The Morgan fingerprint density at radius 2 is 1.71 bits per heavy atom. The molecule has 0 spiro atoms. The highest BCUT2D eigenvalue weighted by Gasteiger charge is 2.46. The van der Waals surface area contributed by atoms with Gasteiger partial charge in [-0.2, -0.15) is 0 Å². The van der Waals surface area contributed by atoms with E-state index in [1.165, 1.54) is 25.1 Å². The number of piperidine rings is 1. The zero-order chi connectivity index (χ0) is 20.5. The van der Waals surface area contributed by atoms with Crippen molar-refractivity contribution in [1.82, 2.24) is 4.90 Å². The van der Waals surface area contributed by atoms with E-state index < -0.39 is 5.79 Å². The smallest absolute Gasteiger partial charge is 0.170 e. The third-order valence-corrected chi connectivity index (χ3v) is 6.37. The molecule has 0 amide bonds. The lowest BCUT2D eigenvalue weighted by Crippen LogP contribution is -2.45. The zero-order valence-electron chi connectivity index (χ0n) is 18.9. The van der Waals surface area contributed by atoms with Crippen molar-refractivity contribution in [2.75, 3.05) is 26.2 Å². The van der Waals surface area contributed by atoms with Gasteiger partial charge in [0, 0.05) is 30.6 Å². The van der Waals surface area contributed by atoms with Crippen molar-refractivity contribution >= 4 is 0 Å². The first-order chi connectivity index (χ1) is 13.1. The molecule has 1 aromatic rings. The monoisotopic (exact) mass is 389 g/mol. The Bertz CT molecular complexity index is 638. The van der Waals surface area contributed by atoms with Gasteiger partial charge in [0.25, 0.3) is 0 Å². The summed E-state index contributed by atoms with van der Waals surface area (Å²) in [5.74, 6) is 3.30. The van der Waals surface area contributed by atoms with E-state index in [1.54, 1.807) is 0 Å². The number of benzene rings is 1. The average molecular weight is 390 g/mol. The summed E-state index contributed by atoms with van der Waals surface area (Å²) in [5, 5.41) is 0. The van der Waals surface area contributed by atoms with E-state index in [0.29, 0.717) is 0 Å². The Hall–Kier alpha value is -1.10. The fourth-order valence-electron chi connectivity index (χ4n) is 4.51. The van der Waals surface area contributed by atoms with Crippen molar-refractivity contribution in [2.45, 2.75) is 73.2 Å². The van der Waals surface area contributed by atoms with Crippen LogP contribution >= 0.6 is 0 Å². The molecule has 0 aromatic heterocycles. The Kier molecular flexibility index (Phi) is 6.43. The van der Waals surface area contributed by atoms with Gasteiger partial charge in [0.1, 0.15) is 11.5 Å². The van der Waals surface area contributed by atoms with Crippen LogP contribution < -0.4 is 4.74 Å². The number of aryl methyl sites for hydroxylation is 1. The maximum atomic E-state index is 6.22. The minimum Gasteiger partial charge on any atom is -0.457 e. The molecule has 0 radical (unpaired) electrons. The fourth-order valence-corrected chi connectivity index (χ4v) is 4.51. The molecular formula is C24H39NO3. The predicted octanol–water partition coefficient (Wildman–Crippen LogP) is 5.50. The molecule has 4 heterocycles. The summed E-state index contributed by atoms with van der Waals surface area (Å²) in [4.78, 5) is 2.56. The molecule has 28 heavy (non-hydrogen) atoms. The minimum absolute atomic E-state index is 0.0181. The van der Waals surface area contributed by atoms with Crippen LogP contribution in [0.1, 0.15) is 60.5 Å². The number of hydrogen-bond acceptors (Lipinski definition) is 4. The number of rotatable bonds is 3. The lowest BCUT2D eigenvalue weighted by atomic mass is 9.87. The first kappa shape index (κ1) is 21.6. The molecule has 2 fully saturated rings. The first-order valence-corrected chi connectivity index (χ1v) is 10.9. The maximum Gasteiger partial charge on any atom is 0.170 e. The van der Waals surface area contributed by atoms with Gasteiger partial charge in [-0.05, 0) is 43.7 Å². The van der Waals surface area contributed by atoms with Crippen molar-refractivity contribution in [3.63, 3.8) is 0 Å². The van der Waals surface area contributed by atoms with Crippen molar-refractivity contribution in [1.29, 1.82) is 0 Å². The summed E-state index contributed by atoms with van der Waals surface area (Å²) in [6.07, 6.45) is 2.67. The zero-order valence-corrected chi connectivity index (χ0v) is 18.9. The molecule has 158 valence electrons. The molecule has 5 rings (SSSR count). The fraction of sp³-hybridized carbons (Fsp3) is 0.750. The molecule has 4 aliphatic rings. The topological polar surface area (TPSA) is 30.9 Å². The van der Waals surface area contributed by atoms with E-state index in [1.807, 2.05) is 18.2 Å². The molecule has 4 nitrogen and oxygen atoms in total. The summed E-state index contributed by atoms with van der Waals surface area (Å²) in [5.41, 5.74) is 1.39. The van der Waals surface area contributed by atoms with Gasteiger partial charge in [-0.1, -0.05) is 47.6 Å². The van der Waals surface area contributed by atoms with Crippen LogP contribution in [0.25, 0.3) is 0 Å². The van der Waals surface area contributed by atoms with E-state index >= 15 is 0 Å². The molecule has 4 aliphatic heterocycles. The molecule has 4 heteroatoms. The van der Waals surface area contributed by atoms with Gasteiger partial charge in [-0.15, -0.1) is 0 Å². The molecule has 2 saturated heterocycles. The van der Waals surface area contributed by atoms with Crippen LogP contribution in [0, 0.1) is 17.3 Å². The molecule has 4 atom stereocenters. The Morgan fingerprint density at radius 1 is 1.11 bits per heavy atom. The second kappa shape index (κ2) is 8.33. The van der Waals surface area contributed by atoms with Gasteiger partial charge in [-0.3, -0.25) is 0 Å². The standard InChI is InChI=1S/C16H31NO2.C8H8O/c1-12-7-13(2)9-17(8-12)10-14-11-18-16(6,19-14)15(3,4)5;1-2-6-7-4-3-5-8(6)9-7/h12-14H,7-11H2,1-6H3;3-5H,2H2,1H3. The summed E-state index contributed by atoms with van der Waals surface area (Å²) in [6, 6.07) is 6.03. The average Bonchev–Trinajstić information content (AvgIpc) is 2.97. The number of likely N-dealkylation sites (tertiary alicyclic amines) is 1. The second-order valence-corrected chi connectivity index (χ2v) is 10.1. The van der Waals surface area contributed by atoms with Crippen LogP contribution in [0.5, 0.6) is 11.5 Å². The van der Waals surface area contributed by atoms with Gasteiger partial charge in [0.15, 0.2) is 5.79 Å². The summed E-state index contributed by atoms with van der Waals surface area (Å²) >= 11 is 0. The van der Waals surface area contributed by atoms with Crippen LogP contribution in [0.2, 0.25) is 0 Å². The number of hydrogen-bond donors (Lipinski definition) is 0. The highest BCUT2D eigenvalue weighted by Crippen LogP contribution is 2.41. The van der Waals surface area contributed by atoms with Crippen molar-refractivity contribution in [2.24, 2.45) is 17.3 Å². The Morgan fingerprint density at radius 3 is 2.14 bits per heavy atom. The molecular weight excluding hydrogens is 350 g/mol. The van der Waals surface area contributed by atoms with Crippen molar-refractivity contribution in [3.8, 4) is 11.5 Å². The summed E-state index contributed by atoms with van der Waals surface area (Å²) < 4.78 is 17.4. The van der Waals surface area contributed by atoms with E-state index in [4.69, 9.17) is 14.2 Å². The summed E-state index contributed by atoms with van der Waals surface area (Å²) in [6.45, 7) is 19.6. The van der Waals surface area contributed by atoms with Crippen LogP contribution in [0.15, 0.2) is 18.2 Å². The van der Waals surface area contributed by atoms with Crippen LogP contribution in [0.4, 0.5) is 0 Å². The largest absolute Gasteiger partial charge is 0.457 e. The number of ether oxygens (including phenoxy) is 3. The SMILES string of the molecule is CC1CC(C)CN(CC2COC(C)(C(C)(C)C)O2)C1.CCc1c2cccc1O2. The lowest BCUT2D eigenvalue weighted by Gasteiger charge is -2.38.